The van der Waals surface area contributed by atoms with Gasteiger partial charge in [0.25, 0.3) is 0 Å². The largest absolute Gasteiger partial charge is 0.369 e. The standard InChI is InChI=1S/C20H28FN7O2S/c1-3-27(4-2)15-5-13-22-18-10-11-19-24-25-20(28(19)26-18)12-14-23-31(29,30)17-8-6-16(21)7-9-17/h6-11,23H,3-5,12-15H2,1-2H3,(H,22,26). The van der Waals surface area contributed by atoms with Crippen molar-refractivity contribution < 1.29 is 12.8 Å². The molecule has 2 N–H and O–H groups in total. The van der Waals surface area contributed by atoms with Crippen LogP contribution in [0.5, 0.6) is 0 Å². The molecule has 0 aliphatic rings. The van der Waals surface area contributed by atoms with E-state index in [1.54, 1.807) is 4.52 Å². The van der Waals surface area contributed by atoms with Crippen LogP contribution < -0.4 is 10.0 Å². The lowest BCUT2D eigenvalue weighted by molar-refractivity contribution is 0.303. The molecular weight excluding hydrogens is 421 g/mol. The van der Waals surface area contributed by atoms with Gasteiger partial charge in [-0.2, -0.15) is 4.52 Å². The molecule has 2 heterocycles. The number of benzene rings is 1. The van der Waals surface area contributed by atoms with Gasteiger partial charge in [0.1, 0.15) is 11.6 Å². The molecule has 9 nitrogen and oxygen atoms in total. The quantitative estimate of drug-likeness (QED) is 0.407. The summed E-state index contributed by atoms with van der Waals surface area (Å²) in [6.45, 7) is 8.31. The summed E-state index contributed by atoms with van der Waals surface area (Å²) in [4.78, 5) is 2.37. The Bertz CT molecular complexity index is 1080. The van der Waals surface area contributed by atoms with Crippen LogP contribution in [0, 0.1) is 5.82 Å². The van der Waals surface area contributed by atoms with Gasteiger partial charge in [-0.3, -0.25) is 0 Å². The molecule has 1 aromatic carbocycles. The van der Waals surface area contributed by atoms with Gasteiger partial charge in [0.2, 0.25) is 10.0 Å². The van der Waals surface area contributed by atoms with Gasteiger partial charge in [0, 0.05) is 19.5 Å². The van der Waals surface area contributed by atoms with Gasteiger partial charge in [0.05, 0.1) is 4.90 Å². The summed E-state index contributed by atoms with van der Waals surface area (Å²) in [5.41, 5.74) is 0.588. The van der Waals surface area contributed by atoms with Crippen molar-refractivity contribution in [1.82, 2.24) is 29.4 Å². The zero-order valence-corrected chi connectivity index (χ0v) is 18.6. The molecule has 0 aliphatic heterocycles. The molecule has 0 saturated heterocycles. The Kier molecular flexibility index (Phi) is 7.88. The summed E-state index contributed by atoms with van der Waals surface area (Å²) >= 11 is 0. The summed E-state index contributed by atoms with van der Waals surface area (Å²) in [6.07, 6.45) is 1.31. The lowest BCUT2D eigenvalue weighted by Crippen LogP contribution is -2.26. The van der Waals surface area contributed by atoms with Crippen LogP contribution in [0.1, 0.15) is 26.1 Å². The predicted octanol–water partition coefficient (Wildman–Crippen LogP) is 1.93. The van der Waals surface area contributed by atoms with E-state index in [1.807, 2.05) is 12.1 Å². The molecular formula is C20H28FN7O2S. The monoisotopic (exact) mass is 449 g/mol. The van der Waals surface area contributed by atoms with Crippen LogP contribution in [0.3, 0.4) is 0 Å². The Morgan fingerprint density at radius 1 is 1.03 bits per heavy atom. The third kappa shape index (κ3) is 6.18. The molecule has 11 heteroatoms. The summed E-state index contributed by atoms with van der Waals surface area (Å²) in [5.74, 6) is 0.765. The Labute approximate surface area is 181 Å². The minimum absolute atomic E-state index is 0.00863. The van der Waals surface area contributed by atoms with E-state index < -0.39 is 15.8 Å². The van der Waals surface area contributed by atoms with Gasteiger partial charge >= 0.3 is 0 Å². The lowest BCUT2D eigenvalue weighted by Gasteiger charge is -2.17. The number of hydrogen-bond acceptors (Lipinski definition) is 7. The number of aromatic nitrogens is 4. The van der Waals surface area contributed by atoms with E-state index in [-0.39, 0.29) is 11.4 Å². The van der Waals surface area contributed by atoms with Crippen molar-refractivity contribution in [3.63, 3.8) is 0 Å². The van der Waals surface area contributed by atoms with Crippen molar-refractivity contribution in [2.75, 3.05) is 38.0 Å². The van der Waals surface area contributed by atoms with Crippen molar-refractivity contribution >= 4 is 21.5 Å². The maximum absolute atomic E-state index is 13.0. The van der Waals surface area contributed by atoms with E-state index in [1.165, 1.54) is 12.1 Å². The van der Waals surface area contributed by atoms with Crippen molar-refractivity contribution in [1.29, 1.82) is 0 Å². The topological polar surface area (TPSA) is 105 Å². The number of anilines is 1. The van der Waals surface area contributed by atoms with Crippen LogP contribution >= 0.6 is 0 Å². The van der Waals surface area contributed by atoms with Gasteiger partial charge in [0.15, 0.2) is 11.5 Å². The van der Waals surface area contributed by atoms with Gasteiger partial charge < -0.3 is 10.2 Å². The summed E-state index contributed by atoms with van der Waals surface area (Å²) in [5, 5.41) is 16.0. The molecule has 2 aromatic heterocycles. The fourth-order valence-electron chi connectivity index (χ4n) is 3.14. The first-order chi connectivity index (χ1) is 14.9. The zero-order valence-electron chi connectivity index (χ0n) is 17.8. The normalized spacial score (nSPS) is 12.0. The van der Waals surface area contributed by atoms with Gasteiger partial charge in [-0.15, -0.1) is 15.3 Å². The van der Waals surface area contributed by atoms with Crippen molar-refractivity contribution in [3.8, 4) is 0 Å². The Morgan fingerprint density at radius 3 is 2.48 bits per heavy atom. The molecule has 0 atom stereocenters. The van der Waals surface area contributed by atoms with Gasteiger partial charge in [-0.05, 0) is 62.5 Å². The highest BCUT2D eigenvalue weighted by Crippen LogP contribution is 2.11. The van der Waals surface area contributed by atoms with E-state index in [9.17, 15) is 12.8 Å². The number of fused-ring (bicyclic) bond motifs is 1. The highest BCUT2D eigenvalue weighted by molar-refractivity contribution is 7.89. The highest BCUT2D eigenvalue weighted by atomic mass is 32.2. The van der Waals surface area contributed by atoms with Crippen LogP contribution in [0.4, 0.5) is 10.2 Å². The third-order valence-electron chi connectivity index (χ3n) is 4.94. The molecule has 3 aromatic rings. The average molecular weight is 450 g/mol. The molecule has 0 amide bonds. The van der Waals surface area contributed by atoms with Crippen molar-refractivity contribution in [3.05, 3.63) is 48.0 Å². The molecule has 0 bridgehead atoms. The minimum Gasteiger partial charge on any atom is -0.369 e. The average Bonchev–Trinajstić information content (AvgIpc) is 3.16. The molecule has 0 saturated carbocycles. The number of halogens is 1. The van der Waals surface area contributed by atoms with E-state index in [4.69, 9.17) is 0 Å². The first-order valence-electron chi connectivity index (χ1n) is 10.4. The van der Waals surface area contributed by atoms with E-state index in [0.717, 1.165) is 44.7 Å². The molecule has 0 fully saturated rings. The summed E-state index contributed by atoms with van der Waals surface area (Å²) in [7, 11) is -3.73. The third-order valence-corrected chi connectivity index (χ3v) is 6.42. The number of nitrogens with zero attached hydrogens (tertiary/aromatic N) is 5. The maximum Gasteiger partial charge on any atom is 0.240 e. The van der Waals surface area contributed by atoms with Crippen LogP contribution in [0.25, 0.3) is 5.65 Å². The number of hydrogen-bond donors (Lipinski definition) is 2. The van der Waals surface area contributed by atoms with Crippen molar-refractivity contribution in [2.45, 2.75) is 31.6 Å². The van der Waals surface area contributed by atoms with E-state index in [2.05, 4.69) is 44.1 Å². The Morgan fingerprint density at radius 2 is 1.77 bits per heavy atom. The maximum atomic E-state index is 13.0. The smallest absolute Gasteiger partial charge is 0.240 e. The van der Waals surface area contributed by atoms with Gasteiger partial charge in [-0.1, -0.05) is 13.8 Å². The summed E-state index contributed by atoms with van der Waals surface area (Å²) < 4.78 is 41.8. The van der Waals surface area contributed by atoms with Crippen LogP contribution in [0.15, 0.2) is 41.3 Å². The second kappa shape index (κ2) is 10.6. The second-order valence-electron chi connectivity index (χ2n) is 7.01. The highest BCUT2D eigenvalue weighted by Gasteiger charge is 2.15. The minimum atomic E-state index is -3.73. The van der Waals surface area contributed by atoms with Gasteiger partial charge in [-0.25, -0.2) is 17.5 Å². The fraction of sp³-hybridized carbons (Fsp3) is 0.450. The van der Waals surface area contributed by atoms with Crippen molar-refractivity contribution in [2.24, 2.45) is 0 Å². The second-order valence-corrected chi connectivity index (χ2v) is 8.78. The molecule has 0 unspecified atom stereocenters. The van der Waals surface area contributed by atoms with Crippen LogP contribution in [-0.2, 0) is 16.4 Å². The molecule has 0 spiro atoms. The lowest BCUT2D eigenvalue weighted by atomic mass is 10.3. The number of rotatable bonds is 12. The molecule has 168 valence electrons. The SMILES string of the molecule is CCN(CC)CCCNc1ccc2nnc(CCNS(=O)(=O)c3ccc(F)cc3)n2n1. The summed E-state index contributed by atoms with van der Waals surface area (Å²) in [6, 6.07) is 8.34. The first kappa shape index (κ1) is 23.0. The first-order valence-corrected chi connectivity index (χ1v) is 11.8. The number of nitrogens with one attached hydrogen (secondary N) is 2. The Hall–Kier alpha value is -2.63. The molecule has 0 aliphatic carbocycles. The fourth-order valence-corrected chi connectivity index (χ4v) is 4.17. The molecule has 31 heavy (non-hydrogen) atoms. The predicted molar refractivity (Wildman–Crippen MR) is 117 cm³/mol. The Balaban J connectivity index is 1.57. The van der Waals surface area contributed by atoms with Crippen LogP contribution in [-0.4, -0.2) is 65.9 Å². The zero-order chi connectivity index (χ0) is 22.3. The number of sulfonamides is 1. The molecule has 3 rings (SSSR count). The van der Waals surface area contributed by atoms with Crippen LogP contribution in [0.2, 0.25) is 0 Å². The van der Waals surface area contributed by atoms with E-state index in [0.29, 0.717) is 23.7 Å². The molecule has 0 radical (unpaired) electrons. The van der Waals surface area contributed by atoms with E-state index >= 15 is 0 Å².